The van der Waals surface area contributed by atoms with Crippen molar-refractivity contribution in [2.75, 3.05) is 0 Å². The van der Waals surface area contributed by atoms with Gasteiger partial charge in [-0.05, 0) is 31.4 Å². The third-order valence-electron chi connectivity index (χ3n) is 5.46. The lowest BCUT2D eigenvalue weighted by atomic mass is 10.1. The highest BCUT2D eigenvalue weighted by atomic mass is 16.1. The molecule has 0 radical (unpaired) electrons. The number of aromatic amines is 1. The van der Waals surface area contributed by atoms with Gasteiger partial charge < -0.3 is 0 Å². The predicted octanol–water partition coefficient (Wildman–Crippen LogP) is 3.00. The number of aryl methyl sites for hydroxylation is 1. The van der Waals surface area contributed by atoms with Gasteiger partial charge >= 0.3 is 0 Å². The Hall–Kier alpha value is -3.29. The van der Waals surface area contributed by atoms with Crippen LogP contribution in [-0.4, -0.2) is 34.3 Å². The number of nitrogens with zero attached hydrogens (tertiary/aromatic N) is 6. The van der Waals surface area contributed by atoms with Crippen molar-refractivity contribution >= 4 is 0 Å². The van der Waals surface area contributed by atoms with Crippen molar-refractivity contribution in [3.63, 3.8) is 0 Å². The highest BCUT2D eigenvalue weighted by Crippen LogP contribution is 2.34. The van der Waals surface area contributed by atoms with E-state index in [0.29, 0.717) is 29.1 Å². The van der Waals surface area contributed by atoms with Gasteiger partial charge in [-0.25, -0.2) is 15.0 Å². The zero-order valence-corrected chi connectivity index (χ0v) is 15.7. The fourth-order valence-electron chi connectivity index (χ4n) is 4.03. The first-order chi connectivity index (χ1) is 13.7. The van der Waals surface area contributed by atoms with Crippen LogP contribution in [0.2, 0.25) is 0 Å². The summed E-state index contributed by atoms with van der Waals surface area (Å²) in [5, 5.41) is 3.42. The number of H-pyrrole nitrogens is 1. The number of rotatable bonds is 4. The lowest BCUT2D eigenvalue weighted by Crippen LogP contribution is -2.17. The van der Waals surface area contributed by atoms with Crippen LogP contribution < -0.4 is 5.56 Å². The van der Waals surface area contributed by atoms with Crippen LogP contribution >= 0.6 is 0 Å². The molecule has 4 heterocycles. The molecule has 8 heteroatoms. The molecule has 142 valence electrons. The average Bonchev–Trinajstić information content (AvgIpc) is 3.47. The number of nitrogens with one attached hydrogen (secondary N) is 1. The van der Waals surface area contributed by atoms with Gasteiger partial charge in [0.05, 0.1) is 6.04 Å². The summed E-state index contributed by atoms with van der Waals surface area (Å²) < 4.78 is 3.90. The predicted molar refractivity (Wildman–Crippen MR) is 105 cm³/mol. The highest BCUT2D eigenvalue weighted by Gasteiger charge is 2.27. The van der Waals surface area contributed by atoms with Crippen molar-refractivity contribution in [3.8, 4) is 28.6 Å². The maximum atomic E-state index is 12.9. The van der Waals surface area contributed by atoms with E-state index in [1.54, 1.807) is 18.7 Å². The maximum absolute atomic E-state index is 12.9. The summed E-state index contributed by atoms with van der Waals surface area (Å²) in [5.74, 6) is 1.84. The molecule has 3 aliphatic rings. The molecule has 8 nitrogen and oxygen atoms in total. The van der Waals surface area contributed by atoms with Gasteiger partial charge in [0.25, 0.3) is 5.56 Å². The summed E-state index contributed by atoms with van der Waals surface area (Å²) in [6, 6.07) is 4.06. The van der Waals surface area contributed by atoms with Crippen LogP contribution in [0.4, 0.5) is 0 Å². The van der Waals surface area contributed by atoms with Gasteiger partial charge in [-0.15, -0.1) is 0 Å². The lowest BCUT2D eigenvalue weighted by Gasteiger charge is -2.14. The Morgan fingerprint density at radius 3 is 2.82 bits per heavy atom. The topological polar surface area (TPSA) is 94.3 Å². The smallest absolute Gasteiger partial charge is 0.284 e. The largest absolute Gasteiger partial charge is 0.300 e. The van der Waals surface area contributed by atoms with E-state index in [4.69, 9.17) is 4.98 Å². The van der Waals surface area contributed by atoms with Crippen molar-refractivity contribution in [1.82, 2.24) is 34.3 Å². The second-order valence-corrected chi connectivity index (χ2v) is 7.18. The Labute approximate surface area is 161 Å². The van der Waals surface area contributed by atoms with E-state index in [9.17, 15) is 4.79 Å². The minimum atomic E-state index is -0.231. The van der Waals surface area contributed by atoms with Gasteiger partial charge in [-0.2, -0.15) is 4.98 Å². The molecule has 0 amide bonds. The van der Waals surface area contributed by atoms with Crippen molar-refractivity contribution in [2.24, 2.45) is 0 Å². The fourth-order valence-corrected chi connectivity index (χ4v) is 4.03. The lowest BCUT2D eigenvalue weighted by molar-refractivity contribution is 0.464. The molecule has 1 saturated carbocycles. The summed E-state index contributed by atoms with van der Waals surface area (Å²) in [5.41, 5.74) is 2.05. The summed E-state index contributed by atoms with van der Waals surface area (Å²) in [4.78, 5) is 30.4. The normalized spacial score (nSPS) is 14.9. The summed E-state index contributed by atoms with van der Waals surface area (Å²) >= 11 is 0. The standard InChI is InChI=1S/C20H21N7O/c1-2-15-17-19(27(25-15)14-5-3-4-6-14)23-18(24-20(17)28)13-7-8-22-16(11-13)26-10-9-21-12-26/h7-12,14,25H,2-6H2,1H3. The molecule has 5 rings (SSSR count). The molecule has 2 aromatic rings. The number of hydrogen-bond donors (Lipinski definition) is 1. The van der Waals surface area contributed by atoms with E-state index in [-0.39, 0.29) is 5.56 Å². The molecular formula is C20H21N7O. The van der Waals surface area contributed by atoms with Gasteiger partial charge in [0.2, 0.25) is 0 Å². The van der Waals surface area contributed by atoms with Crippen LogP contribution in [0.25, 0.3) is 28.6 Å². The van der Waals surface area contributed by atoms with E-state index < -0.39 is 0 Å². The minimum absolute atomic E-state index is 0.231. The van der Waals surface area contributed by atoms with Crippen molar-refractivity contribution in [3.05, 3.63) is 53.1 Å². The SMILES string of the molecule is CCc1[nH]n(C2CCCC2)c2nc(-c3ccnc(-n4ccnc4)c3)nc(=O)c1-2. The van der Waals surface area contributed by atoms with Crippen molar-refractivity contribution in [1.29, 1.82) is 0 Å². The molecule has 1 N–H and O–H groups in total. The second-order valence-electron chi connectivity index (χ2n) is 7.18. The molecule has 2 aliphatic heterocycles. The van der Waals surface area contributed by atoms with Crippen LogP contribution in [0.15, 0.2) is 41.8 Å². The molecular weight excluding hydrogens is 354 g/mol. The van der Waals surface area contributed by atoms with Crippen molar-refractivity contribution < 1.29 is 0 Å². The minimum Gasteiger partial charge on any atom is -0.300 e. The Bertz CT molecular complexity index is 1140. The average molecular weight is 375 g/mol. The van der Waals surface area contributed by atoms with Gasteiger partial charge in [-0.3, -0.25) is 19.1 Å². The van der Waals surface area contributed by atoms with Gasteiger partial charge in [0.15, 0.2) is 11.6 Å². The number of fused-ring (bicyclic) bond motifs is 1. The van der Waals surface area contributed by atoms with E-state index in [1.165, 1.54) is 12.8 Å². The molecule has 0 atom stereocenters. The zero-order chi connectivity index (χ0) is 19.1. The van der Waals surface area contributed by atoms with Crippen molar-refractivity contribution in [2.45, 2.75) is 45.1 Å². The van der Waals surface area contributed by atoms with Crippen LogP contribution in [0, 0.1) is 0 Å². The highest BCUT2D eigenvalue weighted by molar-refractivity contribution is 5.65. The summed E-state index contributed by atoms with van der Waals surface area (Å²) in [6.45, 7) is 2.04. The van der Waals surface area contributed by atoms with E-state index in [2.05, 4.69) is 24.7 Å². The third-order valence-corrected chi connectivity index (χ3v) is 5.46. The monoisotopic (exact) mass is 375 g/mol. The van der Waals surface area contributed by atoms with E-state index in [1.807, 2.05) is 29.8 Å². The van der Waals surface area contributed by atoms with Crippen LogP contribution in [0.3, 0.4) is 0 Å². The van der Waals surface area contributed by atoms with E-state index in [0.717, 1.165) is 30.5 Å². The van der Waals surface area contributed by atoms with Crippen LogP contribution in [-0.2, 0) is 6.42 Å². The Balaban J connectivity index is 1.67. The molecule has 28 heavy (non-hydrogen) atoms. The van der Waals surface area contributed by atoms with Gasteiger partial charge in [0.1, 0.15) is 17.7 Å². The van der Waals surface area contributed by atoms with Crippen LogP contribution in [0.1, 0.15) is 44.3 Å². The molecule has 0 saturated heterocycles. The maximum Gasteiger partial charge on any atom is 0.284 e. The first kappa shape index (κ1) is 16.9. The molecule has 1 aliphatic carbocycles. The molecule has 0 aromatic carbocycles. The van der Waals surface area contributed by atoms with Gasteiger partial charge in [-0.1, -0.05) is 19.8 Å². The Morgan fingerprint density at radius 1 is 1.21 bits per heavy atom. The number of imidazole rings is 1. The summed E-state index contributed by atoms with van der Waals surface area (Å²) in [7, 11) is 0. The quantitative estimate of drug-likeness (QED) is 0.592. The first-order valence-corrected chi connectivity index (χ1v) is 9.70. The summed E-state index contributed by atoms with van der Waals surface area (Å²) in [6.07, 6.45) is 12.3. The first-order valence-electron chi connectivity index (χ1n) is 9.70. The molecule has 1 fully saturated rings. The Morgan fingerprint density at radius 2 is 2.07 bits per heavy atom. The van der Waals surface area contributed by atoms with Gasteiger partial charge in [0, 0.05) is 29.8 Å². The second kappa shape index (κ2) is 6.70. The number of aromatic nitrogens is 7. The number of pyridine rings is 1. The van der Waals surface area contributed by atoms with E-state index >= 15 is 0 Å². The molecule has 0 spiro atoms. The molecule has 0 bridgehead atoms. The zero-order valence-electron chi connectivity index (χ0n) is 15.7. The Kier molecular flexibility index (Phi) is 4.03. The number of hydrogen-bond acceptors (Lipinski definition) is 5. The fraction of sp³-hybridized carbons (Fsp3) is 0.350. The van der Waals surface area contributed by atoms with Crippen LogP contribution in [0.5, 0.6) is 0 Å². The molecule has 2 aromatic heterocycles. The third kappa shape index (κ3) is 2.72. The molecule has 0 unspecified atom stereocenters.